The number of nitrogens with one attached hydrogen (secondary N) is 2. The van der Waals surface area contributed by atoms with Crippen LogP contribution in [0.4, 0.5) is 9.93 Å². The van der Waals surface area contributed by atoms with Crippen molar-refractivity contribution in [2.24, 2.45) is 0 Å². The summed E-state index contributed by atoms with van der Waals surface area (Å²) < 4.78 is 0. The van der Waals surface area contributed by atoms with Gasteiger partial charge in [-0.25, -0.2) is 4.79 Å². The largest absolute Gasteiger partial charge is 0.374 e. The van der Waals surface area contributed by atoms with Crippen LogP contribution >= 0.6 is 11.3 Å². The number of carbonyl (C=O) groups is 3. The lowest BCUT2D eigenvalue weighted by atomic mass is 10.1. The molecule has 1 aliphatic heterocycles. The van der Waals surface area contributed by atoms with Gasteiger partial charge < -0.3 is 16.4 Å². The van der Waals surface area contributed by atoms with Crippen LogP contribution < -0.4 is 16.4 Å². The molecule has 0 bridgehead atoms. The Morgan fingerprint density at radius 3 is 2.67 bits per heavy atom. The highest BCUT2D eigenvalue weighted by atomic mass is 32.1. The van der Waals surface area contributed by atoms with Gasteiger partial charge in [0.15, 0.2) is 0 Å². The lowest BCUT2D eigenvalue weighted by Crippen LogP contribution is -2.42. The van der Waals surface area contributed by atoms with Gasteiger partial charge in [0.2, 0.25) is 11.0 Å². The minimum absolute atomic E-state index is 0.0961. The number of nitrogens with zero attached hydrogens (tertiary/aromatic N) is 3. The summed E-state index contributed by atoms with van der Waals surface area (Å²) in [6, 6.07) is 8.03. The molecule has 4 N–H and O–H groups in total. The zero-order chi connectivity index (χ0) is 17.1. The molecule has 0 saturated carbocycles. The number of nitrogens with two attached hydrogens (primary N) is 1. The molecule has 0 aliphatic carbocycles. The second kappa shape index (κ2) is 6.62. The highest BCUT2D eigenvalue weighted by Gasteiger charge is 2.31. The number of imide groups is 1. The number of carbonyl (C=O) groups excluding carboxylic acids is 3. The second-order valence-electron chi connectivity index (χ2n) is 5.03. The number of rotatable bonds is 5. The zero-order valence-electron chi connectivity index (χ0n) is 12.4. The number of nitrogen functional groups attached to an aromatic ring is 1. The van der Waals surface area contributed by atoms with Gasteiger partial charge in [0.05, 0.1) is 6.54 Å². The van der Waals surface area contributed by atoms with Gasteiger partial charge in [0.1, 0.15) is 17.6 Å². The van der Waals surface area contributed by atoms with E-state index in [1.54, 1.807) is 0 Å². The van der Waals surface area contributed by atoms with Crippen molar-refractivity contribution in [1.29, 1.82) is 0 Å². The van der Waals surface area contributed by atoms with E-state index in [1.165, 1.54) is 0 Å². The third kappa shape index (κ3) is 3.33. The summed E-state index contributed by atoms with van der Waals surface area (Å²) >= 11 is 1.16. The number of benzene rings is 1. The molecule has 0 unspecified atom stereocenters. The Hall–Kier alpha value is -3.01. The van der Waals surface area contributed by atoms with Gasteiger partial charge in [-0.3, -0.25) is 14.5 Å². The number of urea groups is 1. The minimum atomic E-state index is -0.577. The van der Waals surface area contributed by atoms with E-state index in [1.807, 2.05) is 30.3 Å². The van der Waals surface area contributed by atoms with Crippen molar-refractivity contribution >= 4 is 34.3 Å². The molecule has 1 atom stereocenters. The quantitative estimate of drug-likeness (QED) is 0.647. The molecule has 3 rings (SSSR count). The first-order valence-electron chi connectivity index (χ1n) is 7.06. The first kappa shape index (κ1) is 15.9. The average molecular weight is 346 g/mol. The van der Waals surface area contributed by atoms with Crippen molar-refractivity contribution in [2.45, 2.75) is 6.04 Å². The SMILES string of the molecule is Nc1nnc([C@@H](NC(=O)CN2C(=O)CNC2=O)c2ccccc2)s1. The van der Waals surface area contributed by atoms with Gasteiger partial charge in [0.25, 0.3) is 5.91 Å². The molecule has 0 spiro atoms. The van der Waals surface area contributed by atoms with E-state index in [0.717, 1.165) is 21.8 Å². The predicted molar refractivity (Wildman–Crippen MR) is 85.9 cm³/mol. The maximum absolute atomic E-state index is 12.3. The smallest absolute Gasteiger partial charge is 0.325 e. The van der Waals surface area contributed by atoms with E-state index >= 15 is 0 Å². The van der Waals surface area contributed by atoms with Crippen LogP contribution in [0.25, 0.3) is 0 Å². The van der Waals surface area contributed by atoms with Crippen molar-refractivity contribution < 1.29 is 14.4 Å². The van der Waals surface area contributed by atoms with E-state index < -0.39 is 23.9 Å². The molecule has 1 aromatic heterocycles. The van der Waals surface area contributed by atoms with Gasteiger partial charge in [0, 0.05) is 0 Å². The second-order valence-corrected chi connectivity index (χ2v) is 6.07. The number of aromatic nitrogens is 2. The summed E-state index contributed by atoms with van der Waals surface area (Å²) in [5, 5.41) is 13.7. The maximum Gasteiger partial charge on any atom is 0.325 e. The lowest BCUT2D eigenvalue weighted by molar-refractivity contribution is -0.130. The Balaban J connectivity index is 1.78. The van der Waals surface area contributed by atoms with Gasteiger partial charge in [-0.05, 0) is 5.56 Å². The third-order valence-electron chi connectivity index (χ3n) is 3.38. The fourth-order valence-corrected chi connectivity index (χ4v) is 2.95. The van der Waals surface area contributed by atoms with Gasteiger partial charge >= 0.3 is 6.03 Å². The fourth-order valence-electron chi connectivity index (χ4n) is 2.26. The van der Waals surface area contributed by atoms with Crippen molar-refractivity contribution in [1.82, 2.24) is 25.7 Å². The summed E-state index contributed by atoms with van der Waals surface area (Å²) in [7, 11) is 0. The lowest BCUT2D eigenvalue weighted by Gasteiger charge is -2.18. The first-order chi connectivity index (χ1) is 11.5. The molecule has 2 heterocycles. The number of hydrogen-bond acceptors (Lipinski definition) is 7. The Labute approximate surface area is 140 Å². The Morgan fingerprint density at radius 2 is 2.08 bits per heavy atom. The number of amides is 4. The van der Waals surface area contributed by atoms with E-state index in [0.29, 0.717) is 5.01 Å². The Bertz CT molecular complexity index is 762. The van der Waals surface area contributed by atoms with Gasteiger partial charge in [-0.2, -0.15) is 0 Å². The molecule has 9 nitrogen and oxygen atoms in total. The summed E-state index contributed by atoms with van der Waals surface area (Å²) in [5.41, 5.74) is 6.41. The molecule has 1 aliphatic rings. The van der Waals surface area contributed by atoms with Crippen LogP contribution in [0.5, 0.6) is 0 Å². The van der Waals surface area contributed by atoms with Crippen LogP contribution in [0.15, 0.2) is 30.3 Å². The predicted octanol–water partition coefficient (Wildman–Crippen LogP) is -0.122. The molecular weight excluding hydrogens is 332 g/mol. The molecule has 1 saturated heterocycles. The van der Waals surface area contributed by atoms with E-state index in [9.17, 15) is 14.4 Å². The van der Waals surface area contributed by atoms with Crippen LogP contribution in [0.1, 0.15) is 16.6 Å². The minimum Gasteiger partial charge on any atom is -0.374 e. The van der Waals surface area contributed by atoms with E-state index in [4.69, 9.17) is 5.73 Å². The van der Waals surface area contributed by atoms with Crippen LogP contribution in [-0.2, 0) is 9.59 Å². The monoisotopic (exact) mass is 346 g/mol. The van der Waals surface area contributed by atoms with Crippen molar-refractivity contribution in [2.75, 3.05) is 18.8 Å². The topological polar surface area (TPSA) is 130 Å². The molecule has 0 radical (unpaired) electrons. The fraction of sp³-hybridized carbons (Fsp3) is 0.214. The summed E-state index contributed by atoms with van der Waals surface area (Å²) in [6.07, 6.45) is 0. The zero-order valence-corrected chi connectivity index (χ0v) is 13.2. The Kier molecular flexibility index (Phi) is 4.38. The third-order valence-corrected chi connectivity index (χ3v) is 4.20. The summed E-state index contributed by atoms with van der Waals surface area (Å²) in [5.74, 6) is -0.922. The van der Waals surface area contributed by atoms with Crippen LogP contribution in [0.3, 0.4) is 0 Å². The van der Waals surface area contributed by atoms with Crippen LogP contribution in [0.2, 0.25) is 0 Å². The van der Waals surface area contributed by atoms with Gasteiger partial charge in [-0.15, -0.1) is 10.2 Å². The molecule has 1 aromatic carbocycles. The van der Waals surface area contributed by atoms with Crippen LogP contribution in [-0.4, -0.2) is 46.0 Å². The standard InChI is InChI=1S/C14H14N6O3S/c15-13-19-18-12(24-13)11(8-4-2-1-3-5-8)17-9(21)7-20-10(22)6-16-14(20)23/h1-5,11H,6-7H2,(H2,15,19)(H,16,23)(H,17,21)/t11-/m0/s1. The van der Waals surface area contributed by atoms with Crippen molar-refractivity contribution in [3.05, 3.63) is 40.9 Å². The Morgan fingerprint density at radius 1 is 1.33 bits per heavy atom. The highest BCUT2D eigenvalue weighted by molar-refractivity contribution is 7.15. The molecule has 1 fully saturated rings. The molecule has 4 amide bonds. The molecule has 10 heteroatoms. The summed E-state index contributed by atoms with van der Waals surface area (Å²) in [4.78, 5) is 36.3. The van der Waals surface area contributed by atoms with Crippen molar-refractivity contribution in [3.8, 4) is 0 Å². The average Bonchev–Trinajstić information content (AvgIpc) is 3.14. The van der Waals surface area contributed by atoms with Gasteiger partial charge in [-0.1, -0.05) is 41.7 Å². The summed E-state index contributed by atoms with van der Waals surface area (Å²) in [6.45, 7) is -0.455. The molecule has 24 heavy (non-hydrogen) atoms. The highest BCUT2D eigenvalue weighted by Crippen LogP contribution is 2.25. The first-order valence-corrected chi connectivity index (χ1v) is 7.87. The number of hydrogen-bond donors (Lipinski definition) is 3. The molecule has 124 valence electrons. The van der Waals surface area contributed by atoms with Crippen molar-refractivity contribution in [3.63, 3.8) is 0 Å². The molecular formula is C14H14N6O3S. The molecule has 2 aromatic rings. The number of anilines is 1. The van der Waals surface area contributed by atoms with Crippen LogP contribution in [0, 0.1) is 0 Å². The van der Waals surface area contributed by atoms with E-state index in [-0.39, 0.29) is 18.2 Å². The van der Waals surface area contributed by atoms with E-state index in [2.05, 4.69) is 20.8 Å². The normalized spacial score (nSPS) is 15.2. The maximum atomic E-state index is 12.3.